The third-order valence-corrected chi connectivity index (χ3v) is 3.40. The summed E-state index contributed by atoms with van der Waals surface area (Å²) in [6.07, 6.45) is 5.34. The fourth-order valence-electron chi connectivity index (χ4n) is 2.02. The van der Waals surface area contributed by atoms with Gasteiger partial charge in [0.25, 0.3) is 0 Å². The van der Waals surface area contributed by atoms with Crippen LogP contribution in [0.4, 0.5) is 0 Å². The minimum absolute atomic E-state index is 0.220. The summed E-state index contributed by atoms with van der Waals surface area (Å²) >= 11 is 0. The first-order valence-electron chi connectivity index (χ1n) is 6.16. The van der Waals surface area contributed by atoms with Crippen molar-refractivity contribution in [3.8, 4) is 0 Å². The maximum atomic E-state index is 3.86. The Morgan fingerprint density at radius 3 is 2.31 bits per heavy atom. The topological polar surface area (TPSA) is 12.0 Å². The molecular weight excluding hydrogens is 194 g/mol. The second kappa shape index (κ2) is 6.49. The first kappa shape index (κ1) is 13.0. The zero-order chi connectivity index (χ0) is 11.9. The molecule has 0 fully saturated rings. The van der Waals surface area contributed by atoms with E-state index in [-0.39, 0.29) is 5.54 Å². The van der Waals surface area contributed by atoms with Crippen molar-refractivity contribution in [2.24, 2.45) is 0 Å². The molecule has 1 N–H and O–H groups in total. The fraction of sp³-hybridized carbons (Fsp3) is 0.467. The van der Waals surface area contributed by atoms with Crippen LogP contribution < -0.4 is 5.32 Å². The van der Waals surface area contributed by atoms with Crippen LogP contribution in [0, 0.1) is 0 Å². The van der Waals surface area contributed by atoms with E-state index in [4.69, 9.17) is 0 Å². The van der Waals surface area contributed by atoms with Crippen LogP contribution in [0.1, 0.15) is 38.7 Å². The summed E-state index contributed by atoms with van der Waals surface area (Å²) in [5.41, 5.74) is 1.57. The van der Waals surface area contributed by atoms with Crippen molar-refractivity contribution in [3.05, 3.63) is 48.6 Å². The van der Waals surface area contributed by atoms with Gasteiger partial charge in [-0.05, 0) is 24.8 Å². The Balaban J connectivity index is 2.59. The highest BCUT2D eigenvalue weighted by molar-refractivity contribution is 5.14. The quantitative estimate of drug-likeness (QED) is 0.683. The van der Waals surface area contributed by atoms with Crippen molar-refractivity contribution in [2.45, 2.75) is 45.2 Å². The van der Waals surface area contributed by atoms with Gasteiger partial charge in [0.2, 0.25) is 0 Å². The van der Waals surface area contributed by atoms with Gasteiger partial charge in [0, 0.05) is 12.1 Å². The predicted octanol–water partition coefficient (Wildman–Crippen LogP) is 3.91. The Kier molecular flexibility index (Phi) is 5.27. The highest BCUT2D eigenvalue weighted by Gasteiger charge is 2.23. The third-order valence-electron chi connectivity index (χ3n) is 3.40. The molecule has 0 aromatic heterocycles. The Hall–Kier alpha value is -1.08. The number of nitrogens with one attached hydrogen (secondary N) is 1. The lowest BCUT2D eigenvalue weighted by Crippen LogP contribution is -2.43. The van der Waals surface area contributed by atoms with Crippen LogP contribution in [-0.4, -0.2) is 5.54 Å². The van der Waals surface area contributed by atoms with Crippen molar-refractivity contribution in [2.75, 3.05) is 0 Å². The van der Waals surface area contributed by atoms with Gasteiger partial charge in [-0.2, -0.15) is 0 Å². The highest BCUT2D eigenvalue weighted by Crippen LogP contribution is 2.20. The molecule has 0 aliphatic carbocycles. The largest absolute Gasteiger partial charge is 0.307 e. The maximum Gasteiger partial charge on any atom is 0.0213 e. The van der Waals surface area contributed by atoms with E-state index < -0.39 is 0 Å². The zero-order valence-corrected chi connectivity index (χ0v) is 10.5. The molecule has 0 radical (unpaired) electrons. The molecule has 0 bridgehead atoms. The van der Waals surface area contributed by atoms with Crippen molar-refractivity contribution in [1.82, 2.24) is 5.32 Å². The van der Waals surface area contributed by atoms with E-state index in [1.165, 1.54) is 5.56 Å². The molecule has 16 heavy (non-hydrogen) atoms. The van der Waals surface area contributed by atoms with E-state index in [2.05, 4.69) is 56.1 Å². The van der Waals surface area contributed by atoms with E-state index in [1.54, 1.807) is 0 Å². The van der Waals surface area contributed by atoms with Crippen LogP contribution in [0.25, 0.3) is 0 Å². The van der Waals surface area contributed by atoms with Crippen molar-refractivity contribution in [3.63, 3.8) is 0 Å². The second-order valence-corrected chi connectivity index (χ2v) is 4.32. The van der Waals surface area contributed by atoms with E-state index in [0.29, 0.717) is 0 Å². The molecule has 0 saturated carbocycles. The van der Waals surface area contributed by atoms with Gasteiger partial charge < -0.3 is 5.32 Å². The van der Waals surface area contributed by atoms with Gasteiger partial charge in [-0.15, -0.1) is 6.58 Å². The van der Waals surface area contributed by atoms with E-state index >= 15 is 0 Å². The normalized spacial score (nSPS) is 11.4. The smallest absolute Gasteiger partial charge is 0.0213 e. The van der Waals surface area contributed by atoms with Gasteiger partial charge in [0.1, 0.15) is 0 Å². The minimum atomic E-state index is 0.220. The second-order valence-electron chi connectivity index (χ2n) is 4.32. The molecule has 1 aromatic rings. The van der Waals surface area contributed by atoms with Crippen LogP contribution >= 0.6 is 0 Å². The molecule has 0 unspecified atom stereocenters. The molecule has 0 aliphatic rings. The minimum Gasteiger partial charge on any atom is -0.307 e. The maximum absolute atomic E-state index is 3.86. The summed E-state index contributed by atoms with van der Waals surface area (Å²) in [6, 6.07) is 10.6. The van der Waals surface area contributed by atoms with Crippen molar-refractivity contribution in [1.29, 1.82) is 0 Å². The van der Waals surface area contributed by atoms with Crippen LogP contribution in [0.5, 0.6) is 0 Å². The zero-order valence-electron chi connectivity index (χ0n) is 10.5. The predicted molar refractivity (Wildman–Crippen MR) is 71.4 cm³/mol. The molecule has 0 atom stereocenters. The van der Waals surface area contributed by atoms with Gasteiger partial charge in [-0.1, -0.05) is 50.3 Å². The number of benzene rings is 1. The summed E-state index contributed by atoms with van der Waals surface area (Å²) in [7, 11) is 0. The number of rotatable bonds is 7. The lowest BCUT2D eigenvalue weighted by atomic mass is 9.89. The molecule has 0 amide bonds. The van der Waals surface area contributed by atoms with Gasteiger partial charge in [-0.25, -0.2) is 0 Å². The van der Waals surface area contributed by atoms with Crippen LogP contribution in [0.3, 0.4) is 0 Å². The summed E-state index contributed by atoms with van der Waals surface area (Å²) in [6.45, 7) is 9.28. The van der Waals surface area contributed by atoms with Gasteiger partial charge in [0.05, 0.1) is 0 Å². The molecule has 0 heterocycles. The molecule has 0 spiro atoms. The summed E-state index contributed by atoms with van der Waals surface area (Å²) in [4.78, 5) is 0. The van der Waals surface area contributed by atoms with Gasteiger partial charge in [-0.3, -0.25) is 0 Å². The lowest BCUT2D eigenvalue weighted by molar-refractivity contribution is 0.301. The fourth-order valence-corrected chi connectivity index (χ4v) is 2.02. The molecule has 1 nitrogen and oxygen atoms in total. The van der Waals surface area contributed by atoms with E-state index in [9.17, 15) is 0 Å². The number of hydrogen-bond donors (Lipinski definition) is 1. The average Bonchev–Trinajstić information content (AvgIpc) is 2.36. The van der Waals surface area contributed by atoms with Crippen molar-refractivity contribution >= 4 is 0 Å². The number of hydrogen-bond acceptors (Lipinski definition) is 1. The SMILES string of the molecule is C=CCC(CC)(CC)NCc1ccccc1. The molecule has 1 aromatic carbocycles. The Labute approximate surface area is 99.6 Å². The summed E-state index contributed by atoms with van der Waals surface area (Å²) in [5.74, 6) is 0. The average molecular weight is 217 g/mol. The lowest BCUT2D eigenvalue weighted by Gasteiger charge is -2.32. The van der Waals surface area contributed by atoms with E-state index in [0.717, 1.165) is 25.8 Å². The highest BCUT2D eigenvalue weighted by atomic mass is 15.0. The first-order chi connectivity index (χ1) is 7.76. The Bertz CT molecular complexity index is 298. The summed E-state index contributed by atoms with van der Waals surface area (Å²) < 4.78 is 0. The third kappa shape index (κ3) is 3.49. The molecule has 0 aliphatic heterocycles. The molecule has 1 heteroatoms. The monoisotopic (exact) mass is 217 g/mol. The first-order valence-corrected chi connectivity index (χ1v) is 6.16. The molecule has 88 valence electrons. The van der Waals surface area contributed by atoms with Crippen LogP contribution in [-0.2, 0) is 6.54 Å². The molecular formula is C15H23N. The van der Waals surface area contributed by atoms with Crippen LogP contribution in [0.15, 0.2) is 43.0 Å². The van der Waals surface area contributed by atoms with Gasteiger partial charge in [0.15, 0.2) is 0 Å². The standard InChI is InChI=1S/C15H23N/c1-4-12-15(5-2,6-3)16-13-14-10-8-7-9-11-14/h4,7-11,16H,1,5-6,12-13H2,2-3H3. The van der Waals surface area contributed by atoms with Crippen molar-refractivity contribution < 1.29 is 0 Å². The molecule has 0 saturated heterocycles. The van der Waals surface area contributed by atoms with Gasteiger partial charge >= 0.3 is 0 Å². The summed E-state index contributed by atoms with van der Waals surface area (Å²) in [5, 5.41) is 3.68. The van der Waals surface area contributed by atoms with E-state index in [1.807, 2.05) is 6.08 Å². The molecule has 1 rings (SSSR count). The Morgan fingerprint density at radius 1 is 1.19 bits per heavy atom. The Morgan fingerprint density at radius 2 is 1.81 bits per heavy atom. The van der Waals surface area contributed by atoms with Crippen LogP contribution in [0.2, 0.25) is 0 Å².